The molecule has 80 valence electrons. The van der Waals surface area contributed by atoms with Crippen LogP contribution in [0.5, 0.6) is 0 Å². The van der Waals surface area contributed by atoms with Gasteiger partial charge in [-0.05, 0) is 6.92 Å². The third-order valence-corrected chi connectivity index (χ3v) is 2.26. The van der Waals surface area contributed by atoms with Crippen molar-refractivity contribution in [3.63, 3.8) is 0 Å². The number of hydrogen-bond donors (Lipinski definition) is 1. The molecule has 0 aliphatic carbocycles. The smallest absolute Gasteiger partial charge is 0.340 e. The second kappa shape index (κ2) is 4.27. The average Bonchev–Trinajstić information content (AvgIpc) is 2.20. The van der Waals surface area contributed by atoms with Gasteiger partial charge in [0.2, 0.25) is 0 Å². The SMILES string of the molecule is COC(=O)c1cnc(Cl)c(C)c1C(=O)O. The van der Waals surface area contributed by atoms with Crippen LogP contribution in [-0.4, -0.2) is 29.1 Å². The molecular weight excluding hydrogens is 222 g/mol. The Balaban J connectivity index is 3.46. The van der Waals surface area contributed by atoms with E-state index in [2.05, 4.69) is 9.72 Å². The van der Waals surface area contributed by atoms with Crippen LogP contribution in [0.15, 0.2) is 6.20 Å². The zero-order valence-electron chi connectivity index (χ0n) is 8.07. The Hall–Kier alpha value is -1.62. The van der Waals surface area contributed by atoms with E-state index in [1.54, 1.807) is 0 Å². The van der Waals surface area contributed by atoms with Crippen molar-refractivity contribution in [1.82, 2.24) is 4.98 Å². The van der Waals surface area contributed by atoms with Gasteiger partial charge in [0.25, 0.3) is 0 Å². The lowest BCUT2D eigenvalue weighted by Gasteiger charge is -2.07. The Morgan fingerprint density at radius 3 is 2.60 bits per heavy atom. The summed E-state index contributed by atoms with van der Waals surface area (Å²) >= 11 is 5.65. The molecule has 6 heteroatoms. The minimum Gasteiger partial charge on any atom is -0.478 e. The highest BCUT2D eigenvalue weighted by Crippen LogP contribution is 2.20. The lowest BCUT2D eigenvalue weighted by atomic mass is 10.1. The number of nitrogens with zero attached hydrogens (tertiary/aromatic N) is 1. The molecule has 0 atom stereocenters. The fourth-order valence-electron chi connectivity index (χ4n) is 1.13. The van der Waals surface area contributed by atoms with E-state index < -0.39 is 11.9 Å². The topological polar surface area (TPSA) is 76.5 Å². The number of rotatable bonds is 2. The van der Waals surface area contributed by atoms with Gasteiger partial charge in [0.05, 0.1) is 18.2 Å². The summed E-state index contributed by atoms with van der Waals surface area (Å²) in [6, 6.07) is 0. The molecule has 0 aromatic carbocycles. The maximum absolute atomic E-state index is 11.2. The van der Waals surface area contributed by atoms with E-state index in [1.165, 1.54) is 6.92 Å². The summed E-state index contributed by atoms with van der Waals surface area (Å²) in [6.45, 7) is 1.48. The van der Waals surface area contributed by atoms with Gasteiger partial charge >= 0.3 is 11.9 Å². The maximum atomic E-state index is 11.2. The first-order valence-electron chi connectivity index (χ1n) is 3.95. The summed E-state index contributed by atoms with van der Waals surface area (Å²) in [5.41, 5.74) is -0.0409. The number of carbonyl (C=O) groups is 2. The molecule has 1 N–H and O–H groups in total. The number of carboxylic acid groups (broad SMARTS) is 1. The van der Waals surface area contributed by atoms with Gasteiger partial charge in [0.15, 0.2) is 0 Å². The van der Waals surface area contributed by atoms with Gasteiger partial charge in [-0.1, -0.05) is 11.6 Å². The maximum Gasteiger partial charge on any atom is 0.340 e. The van der Waals surface area contributed by atoms with Crippen molar-refractivity contribution in [3.8, 4) is 0 Å². The molecule has 1 heterocycles. The number of hydrogen-bond acceptors (Lipinski definition) is 4. The number of methoxy groups -OCH3 is 1. The number of aromatic nitrogens is 1. The van der Waals surface area contributed by atoms with Crippen LogP contribution in [0, 0.1) is 6.92 Å². The van der Waals surface area contributed by atoms with Gasteiger partial charge in [0, 0.05) is 11.8 Å². The zero-order chi connectivity index (χ0) is 11.6. The summed E-state index contributed by atoms with van der Waals surface area (Å²) in [5.74, 6) is -1.99. The molecular formula is C9H8ClNO4. The first-order valence-corrected chi connectivity index (χ1v) is 4.33. The summed E-state index contributed by atoms with van der Waals surface area (Å²) in [7, 11) is 1.16. The monoisotopic (exact) mass is 229 g/mol. The number of aromatic carboxylic acids is 1. The van der Waals surface area contributed by atoms with Crippen LogP contribution < -0.4 is 0 Å². The third-order valence-electron chi connectivity index (χ3n) is 1.88. The van der Waals surface area contributed by atoms with Crippen molar-refractivity contribution in [2.75, 3.05) is 7.11 Å². The number of pyridine rings is 1. The van der Waals surface area contributed by atoms with Crippen LogP contribution in [0.3, 0.4) is 0 Å². The second-order valence-electron chi connectivity index (χ2n) is 2.76. The average molecular weight is 230 g/mol. The Kier molecular flexibility index (Phi) is 3.26. The molecule has 0 saturated heterocycles. The predicted molar refractivity (Wildman–Crippen MR) is 52.3 cm³/mol. The highest BCUT2D eigenvalue weighted by Gasteiger charge is 2.21. The third kappa shape index (κ3) is 2.07. The molecule has 0 bridgehead atoms. The van der Waals surface area contributed by atoms with E-state index in [9.17, 15) is 9.59 Å². The molecule has 0 radical (unpaired) electrons. The lowest BCUT2D eigenvalue weighted by Crippen LogP contribution is -2.13. The summed E-state index contributed by atoms with van der Waals surface area (Å²) < 4.78 is 4.44. The van der Waals surface area contributed by atoms with Crippen LogP contribution in [0.1, 0.15) is 26.3 Å². The van der Waals surface area contributed by atoms with E-state index in [0.29, 0.717) is 0 Å². The Bertz CT molecular complexity index is 430. The van der Waals surface area contributed by atoms with Crippen LogP contribution in [0.2, 0.25) is 5.15 Å². The van der Waals surface area contributed by atoms with E-state index in [4.69, 9.17) is 16.7 Å². The van der Waals surface area contributed by atoms with Gasteiger partial charge in [-0.2, -0.15) is 0 Å². The molecule has 0 saturated carbocycles. The number of ether oxygens (including phenoxy) is 1. The van der Waals surface area contributed by atoms with Crippen molar-refractivity contribution in [2.24, 2.45) is 0 Å². The van der Waals surface area contributed by atoms with Gasteiger partial charge in [-0.3, -0.25) is 0 Å². The van der Waals surface area contributed by atoms with E-state index >= 15 is 0 Å². The van der Waals surface area contributed by atoms with Crippen molar-refractivity contribution in [3.05, 3.63) is 28.0 Å². The van der Waals surface area contributed by atoms with Crippen LogP contribution in [0.25, 0.3) is 0 Å². The zero-order valence-corrected chi connectivity index (χ0v) is 8.83. The molecule has 1 aromatic heterocycles. The largest absolute Gasteiger partial charge is 0.478 e. The normalized spacial score (nSPS) is 9.80. The van der Waals surface area contributed by atoms with Crippen LogP contribution in [0.4, 0.5) is 0 Å². The standard InChI is InChI=1S/C9H8ClNO4/c1-4-6(8(12)13)5(9(14)15-2)3-11-7(4)10/h3H,1-2H3,(H,12,13). The molecule has 1 rings (SSSR count). The van der Waals surface area contributed by atoms with Crippen molar-refractivity contribution >= 4 is 23.5 Å². The molecule has 1 aromatic rings. The van der Waals surface area contributed by atoms with Gasteiger partial charge in [-0.15, -0.1) is 0 Å². The summed E-state index contributed by atoms with van der Waals surface area (Å²) in [5, 5.41) is 8.98. The lowest BCUT2D eigenvalue weighted by molar-refractivity contribution is 0.0581. The van der Waals surface area contributed by atoms with E-state index in [-0.39, 0.29) is 21.8 Å². The van der Waals surface area contributed by atoms with Crippen molar-refractivity contribution < 1.29 is 19.4 Å². The number of carbonyl (C=O) groups excluding carboxylic acids is 1. The Morgan fingerprint density at radius 1 is 1.53 bits per heavy atom. The minimum absolute atomic E-state index is 0.0556. The van der Waals surface area contributed by atoms with Crippen molar-refractivity contribution in [2.45, 2.75) is 6.92 Å². The number of halogens is 1. The van der Waals surface area contributed by atoms with Crippen LogP contribution >= 0.6 is 11.6 Å². The molecule has 0 fully saturated rings. The summed E-state index contributed by atoms with van der Waals surface area (Å²) in [6.07, 6.45) is 1.09. The molecule has 15 heavy (non-hydrogen) atoms. The van der Waals surface area contributed by atoms with Gasteiger partial charge in [-0.25, -0.2) is 14.6 Å². The predicted octanol–water partition coefficient (Wildman–Crippen LogP) is 1.53. The van der Waals surface area contributed by atoms with Gasteiger partial charge in [0.1, 0.15) is 5.15 Å². The second-order valence-corrected chi connectivity index (χ2v) is 3.12. The molecule has 0 amide bonds. The Morgan fingerprint density at radius 2 is 2.13 bits per heavy atom. The first-order chi connectivity index (χ1) is 6.99. The fourth-order valence-corrected chi connectivity index (χ4v) is 1.27. The molecule has 0 unspecified atom stereocenters. The number of carboxylic acids is 1. The first kappa shape index (κ1) is 11.5. The van der Waals surface area contributed by atoms with Crippen LogP contribution in [-0.2, 0) is 4.74 Å². The highest BCUT2D eigenvalue weighted by atomic mass is 35.5. The molecule has 0 aliphatic rings. The van der Waals surface area contributed by atoms with Crippen molar-refractivity contribution in [1.29, 1.82) is 0 Å². The molecule has 5 nitrogen and oxygen atoms in total. The number of esters is 1. The minimum atomic E-state index is -1.24. The Labute approximate surface area is 90.6 Å². The summed E-state index contributed by atoms with van der Waals surface area (Å²) in [4.78, 5) is 25.8. The van der Waals surface area contributed by atoms with E-state index in [0.717, 1.165) is 13.3 Å². The quantitative estimate of drug-likeness (QED) is 0.615. The molecule has 0 spiro atoms. The molecule has 0 aliphatic heterocycles. The van der Waals surface area contributed by atoms with E-state index in [1.807, 2.05) is 0 Å². The fraction of sp³-hybridized carbons (Fsp3) is 0.222. The van der Waals surface area contributed by atoms with Gasteiger partial charge < -0.3 is 9.84 Å². The highest BCUT2D eigenvalue weighted by molar-refractivity contribution is 6.30.